The molecule has 0 unspecified atom stereocenters. The van der Waals surface area contributed by atoms with Gasteiger partial charge in [-0.1, -0.05) is 12.1 Å². The van der Waals surface area contributed by atoms with Crippen molar-refractivity contribution >= 4 is 11.6 Å². The minimum absolute atomic E-state index is 0.115. The number of fused-ring (bicyclic) bond motifs is 1. The number of anilines is 1. The van der Waals surface area contributed by atoms with Crippen LogP contribution in [0.25, 0.3) is 0 Å². The Labute approximate surface area is 102 Å². The average Bonchev–Trinajstić information content (AvgIpc) is 2.64. The second-order valence-corrected chi connectivity index (χ2v) is 5.09. The lowest BCUT2D eigenvalue weighted by molar-refractivity contribution is -0.118. The van der Waals surface area contributed by atoms with Crippen LogP contribution in [0, 0.1) is 0 Å². The topological polar surface area (TPSA) is 72.3 Å². The molecule has 92 valence electrons. The van der Waals surface area contributed by atoms with Crippen molar-refractivity contribution in [3.05, 3.63) is 29.3 Å². The standard InChI is InChI=1S/C13H19N3O/c1-13(2,8-15)16-11-4-3-9(7-14)5-10(11)6-12(16)17/h3-5H,6-8,14-15H2,1-2H3. The largest absolute Gasteiger partial charge is 0.328 e. The number of carbonyl (C=O) groups is 1. The van der Waals surface area contributed by atoms with Gasteiger partial charge in [0.25, 0.3) is 0 Å². The van der Waals surface area contributed by atoms with E-state index in [4.69, 9.17) is 11.5 Å². The zero-order valence-corrected chi connectivity index (χ0v) is 10.4. The summed E-state index contributed by atoms with van der Waals surface area (Å²) >= 11 is 0. The molecule has 1 aromatic rings. The summed E-state index contributed by atoms with van der Waals surface area (Å²) in [5.74, 6) is 0.115. The first-order chi connectivity index (χ1) is 7.99. The number of carbonyl (C=O) groups excluding carboxylic acids is 1. The fraction of sp³-hybridized carbons (Fsp3) is 0.462. The molecular weight excluding hydrogens is 214 g/mol. The Bertz CT molecular complexity index is 454. The molecule has 4 N–H and O–H groups in total. The van der Waals surface area contributed by atoms with Gasteiger partial charge in [0.15, 0.2) is 0 Å². The molecular formula is C13H19N3O. The van der Waals surface area contributed by atoms with E-state index >= 15 is 0 Å². The molecule has 1 aromatic carbocycles. The Morgan fingerprint density at radius 3 is 2.65 bits per heavy atom. The smallest absolute Gasteiger partial charge is 0.232 e. The number of nitrogens with zero attached hydrogens (tertiary/aromatic N) is 1. The third-order valence-electron chi connectivity index (χ3n) is 3.32. The van der Waals surface area contributed by atoms with Gasteiger partial charge in [-0.2, -0.15) is 0 Å². The van der Waals surface area contributed by atoms with Gasteiger partial charge in [-0.15, -0.1) is 0 Å². The highest BCUT2D eigenvalue weighted by molar-refractivity contribution is 6.02. The molecule has 0 bridgehead atoms. The van der Waals surface area contributed by atoms with Crippen LogP contribution in [-0.2, 0) is 17.8 Å². The molecule has 0 saturated carbocycles. The van der Waals surface area contributed by atoms with Crippen LogP contribution >= 0.6 is 0 Å². The minimum Gasteiger partial charge on any atom is -0.328 e. The molecule has 1 amide bonds. The molecule has 1 aliphatic heterocycles. The summed E-state index contributed by atoms with van der Waals surface area (Å²) in [6.45, 7) is 4.91. The average molecular weight is 233 g/mol. The van der Waals surface area contributed by atoms with Gasteiger partial charge in [0.1, 0.15) is 0 Å². The summed E-state index contributed by atoms with van der Waals surface area (Å²) in [6.07, 6.45) is 0.451. The summed E-state index contributed by atoms with van der Waals surface area (Å²) in [4.78, 5) is 13.9. The summed E-state index contributed by atoms with van der Waals surface area (Å²) in [5.41, 5.74) is 14.1. The van der Waals surface area contributed by atoms with Crippen LogP contribution in [0.15, 0.2) is 18.2 Å². The maximum Gasteiger partial charge on any atom is 0.232 e. The molecule has 0 saturated heterocycles. The number of rotatable bonds is 3. The number of nitrogens with two attached hydrogens (primary N) is 2. The van der Waals surface area contributed by atoms with Crippen LogP contribution in [0.3, 0.4) is 0 Å². The van der Waals surface area contributed by atoms with E-state index in [9.17, 15) is 4.79 Å². The van der Waals surface area contributed by atoms with E-state index in [1.54, 1.807) is 0 Å². The fourth-order valence-electron chi connectivity index (χ4n) is 2.26. The molecule has 0 atom stereocenters. The lowest BCUT2D eigenvalue weighted by Gasteiger charge is -2.35. The quantitative estimate of drug-likeness (QED) is 0.810. The van der Waals surface area contributed by atoms with Crippen molar-refractivity contribution in [2.24, 2.45) is 11.5 Å². The van der Waals surface area contributed by atoms with E-state index in [1.165, 1.54) is 0 Å². The number of hydrogen-bond acceptors (Lipinski definition) is 3. The van der Waals surface area contributed by atoms with Crippen molar-refractivity contribution in [3.8, 4) is 0 Å². The van der Waals surface area contributed by atoms with E-state index in [-0.39, 0.29) is 11.4 Å². The van der Waals surface area contributed by atoms with Crippen LogP contribution < -0.4 is 16.4 Å². The summed E-state index contributed by atoms with van der Waals surface area (Å²) in [5, 5.41) is 0. The second-order valence-electron chi connectivity index (χ2n) is 5.09. The summed E-state index contributed by atoms with van der Waals surface area (Å²) < 4.78 is 0. The maximum atomic E-state index is 12.1. The van der Waals surface area contributed by atoms with E-state index in [2.05, 4.69) is 0 Å². The Morgan fingerprint density at radius 2 is 2.06 bits per heavy atom. The SMILES string of the molecule is CC(C)(CN)N1C(=O)Cc2cc(CN)ccc21. The molecule has 4 heteroatoms. The maximum absolute atomic E-state index is 12.1. The molecule has 1 heterocycles. The lowest BCUT2D eigenvalue weighted by Crippen LogP contribution is -2.51. The van der Waals surface area contributed by atoms with Crippen molar-refractivity contribution in [2.45, 2.75) is 32.4 Å². The normalized spacial score (nSPS) is 15.3. The van der Waals surface area contributed by atoms with Gasteiger partial charge >= 0.3 is 0 Å². The Hall–Kier alpha value is -1.39. The highest BCUT2D eigenvalue weighted by Gasteiger charge is 2.37. The van der Waals surface area contributed by atoms with Crippen LogP contribution in [0.4, 0.5) is 5.69 Å². The first-order valence-corrected chi connectivity index (χ1v) is 5.84. The zero-order chi connectivity index (χ0) is 12.6. The molecule has 0 radical (unpaired) electrons. The van der Waals surface area contributed by atoms with Crippen molar-refractivity contribution in [1.29, 1.82) is 0 Å². The van der Waals surface area contributed by atoms with Gasteiger partial charge in [-0.05, 0) is 31.0 Å². The molecule has 0 spiro atoms. The van der Waals surface area contributed by atoms with Crippen molar-refractivity contribution in [3.63, 3.8) is 0 Å². The van der Waals surface area contributed by atoms with Crippen molar-refractivity contribution < 1.29 is 4.79 Å². The van der Waals surface area contributed by atoms with E-state index in [1.807, 2.05) is 36.9 Å². The molecule has 0 aromatic heterocycles. The van der Waals surface area contributed by atoms with Gasteiger partial charge in [0, 0.05) is 18.8 Å². The number of hydrogen-bond donors (Lipinski definition) is 2. The monoisotopic (exact) mass is 233 g/mol. The number of benzene rings is 1. The Kier molecular flexibility index (Phi) is 2.93. The predicted octanol–water partition coefficient (Wildman–Crippen LogP) is 0.772. The predicted molar refractivity (Wildman–Crippen MR) is 68.7 cm³/mol. The van der Waals surface area contributed by atoms with Gasteiger partial charge in [0.05, 0.1) is 12.0 Å². The molecule has 17 heavy (non-hydrogen) atoms. The van der Waals surface area contributed by atoms with Crippen molar-refractivity contribution in [1.82, 2.24) is 0 Å². The molecule has 4 nitrogen and oxygen atoms in total. The van der Waals surface area contributed by atoms with Crippen LogP contribution in [0.5, 0.6) is 0 Å². The molecule has 2 rings (SSSR count). The van der Waals surface area contributed by atoms with Crippen molar-refractivity contribution in [2.75, 3.05) is 11.4 Å². The van der Waals surface area contributed by atoms with Gasteiger partial charge < -0.3 is 16.4 Å². The van der Waals surface area contributed by atoms with Crippen LogP contribution in [-0.4, -0.2) is 18.0 Å². The van der Waals surface area contributed by atoms with Gasteiger partial charge in [-0.25, -0.2) is 0 Å². The minimum atomic E-state index is -0.341. The second kappa shape index (κ2) is 4.13. The van der Waals surface area contributed by atoms with Gasteiger partial charge in [-0.3, -0.25) is 4.79 Å². The summed E-state index contributed by atoms with van der Waals surface area (Å²) in [6, 6.07) is 5.96. The van der Waals surface area contributed by atoms with Crippen LogP contribution in [0.1, 0.15) is 25.0 Å². The Balaban J connectivity index is 2.45. The number of amides is 1. The van der Waals surface area contributed by atoms with E-state index in [0.29, 0.717) is 19.5 Å². The first kappa shape index (κ1) is 12.1. The fourth-order valence-corrected chi connectivity index (χ4v) is 2.26. The zero-order valence-electron chi connectivity index (χ0n) is 10.4. The molecule has 0 aliphatic carbocycles. The highest BCUT2D eigenvalue weighted by Crippen LogP contribution is 2.34. The van der Waals surface area contributed by atoms with E-state index in [0.717, 1.165) is 16.8 Å². The Morgan fingerprint density at radius 1 is 1.35 bits per heavy atom. The highest BCUT2D eigenvalue weighted by atomic mass is 16.2. The van der Waals surface area contributed by atoms with Gasteiger partial charge in [0.2, 0.25) is 5.91 Å². The third-order valence-corrected chi connectivity index (χ3v) is 3.32. The lowest BCUT2D eigenvalue weighted by atomic mass is 10.0. The third kappa shape index (κ3) is 1.94. The first-order valence-electron chi connectivity index (χ1n) is 5.84. The van der Waals surface area contributed by atoms with E-state index < -0.39 is 0 Å². The molecule has 1 aliphatic rings. The summed E-state index contributed by atoms with van der Waals surface area (Å²) in [7, 11) is 0. The van der Waals surface area contributed by atoms with Crippen LogP contribution in [0.2, 0.25) is 0 Å². The molecule has 0 fully saturated rings.